The van der Waals surface area contributed by atoms with E-state index < -0.39 is 0 Å². The minimum Gasteiger partial charge on any atom is -0.301 e. The third-order valence-electron chi connectivity index (χ3n) is 4.90. The van der Waals surface area contributed by atoms with Gasteiger partial charge in [0.05, 0.1) is 16.6 Å². The molecule has 24 heavy (non-hydrogen) atoms. The second-order valence-corrected chi connectivity index (χ2v) is 6.93. The summed E-state index contributed by atoms with van der Waals surface area (Å²) in [7, 11) is 0. The van der Waals surface area contributed by atoms with Gasteiger partial charge in [0, 0.05) is 17.6 Å². The quantitative estimate of drug-likeness (QED) is 0.928. The summed E-state index contributed by atoms with van der Waals surface area (Å²) in [4.78, 5) is 17.6. The molecule has 1 aliphatic heterocycles. The lowest BCUT2D eigenvalue weighted by Gasteiger charge is -2.19. The molecule has 2 aromatic rings. The van der Waals surface area contributed by atoms with Crippen LogP contribution in [0.2, 0.25) is 0 Å². The van der Waals surface area contributed by atoms with E-state index in [0.717, 1.165) is 30.4 Å². The second kappa shape index (κ2) is 6.19. The Hall–Kier alpha value is -1.91. The average molecular weight is 342 g/mol. The summed E-state index contributed by atoms with van der Waals surface area (Å²) in [6.45, 7) is 2.84. The smallest absolute Gasteiger partial charge is 0.262 e. The first-order valence-corrected chi connectivity index (χ1v) is 8.83. The summed E-state index contributed by atoms with van der Waals surface area (Å²) in [6.07, 6.45) is 4.48. The zero-order valence-electron chi connectivity index (χ0n) is 13.6. The number of halogens is 1. The molecule has 1 aromatic heterocycles. The molecular weight excluding hydrogens is 322 g/mol. The van der Waals surface area contributed by atoms with Crippen molar-refractivity contribution < 1.29 is 0 Å². The van der Waals surface area contributed by atoms with Crippen molar-refractivity contribution in [2.24, 2.45) is 0 Å². The number of nitrogens with one attached hydrogen (secondary N) is 1. The highest BCUT2D eigenvalue weighted by Crippen LogP contribution is 2.25. The molecule has 0 saturated carbocycles. The van der Waals surface area contributed by atoms with Gasteiger partial charge in [-0.3, -0.25) is 9.36 Å². The van der Waals surface area contributed by atoms with Crippen LogP contribution in [-0.4, -0.2) is 9.55 Å². The Balaban J connectivity index is 1.72. The van der Waals surface area contributed by atoms with Crippen molar-refractivity contribution >= 4 is 22.7 Å². The van der Waals surface area contributed by atoms with Crippen molar-refractivity contribution in [2.45, 2.75) is 44.8 Å². The Labute approximate surface area is 145 Å². The second-order valence-electron chi connectivity index (χ2n) is 6.48. The fourth-order valence-corrected chi connectivity index (χ4v) is 3.91. The normalized spacial score (nSPS) is 20.2. The third kappa shape index (κ3) is 2.60. The molecule has 0 fully saturated rings. The van der Waals surface area contributed by atoms with Crippen molar-refractivity contribution in [2.75, 3.05) is 0 Å². The van der Waals surface area contributed by atoms with Crippen LogP contribution in [0.15, 0.2) is 35.1 Å². The molecule has 0 bridgehead atoms. The lowest BCUT2D eigenvalue weighted by molar-refractivity contribution is 0.458. The van der Waals surface area contributed by atoms with Gasteiger partial charge in [-0.2, -0.15) is 0 Å². The predicted molar refractivity (Wildman–Crippen MR) is 96.1 cm³/mol. The summed E-state index contributed by atoms with van der Waals surface area (Å²) in [6, 6.07) is 10.6. The van der Waals surface area contributed by atoms with Crippen molar-refractivity contribution in [3.05, 3.63) is 62.6 Å². The van der Waals surface area contributed by atoms with Crippen molar-refractivity contribution in [3.63, 3.8) is 0 Å². The van der Waals surface area contributed by atoms with E-state index >= 15 is 0 Å². The van der Waals surface area contributed by atoms with Crippen molar-refractivity contribution in [1.29, 1.82) is 0 Å². The van der Waals surface area contributed by atoms with Gasteiger partial charge in [0.1, 0.15) is 5.82 Å². The number of benzene rings is 1. The maximum Gasteiger partial charge on any atom is 0.262 e. The molecule has 0 spiro atoms. The SMILES string of the molecule is CC(NC1CCn2c1nc1c(c2=O)=C(Cl)CCC=1)c1ccccc1. The van der Waals surface area contributed by atoms with E-state index in [9.17, 15) is 4.79 Å². The first-order chi connectivity index (χ1) is 11.6. The number of rotatable bonds is 3. The molecule has 124 valence electrons. The predicted octanol–water partition coefficient (Wildman–Crippen LogP) is 1.96. The van der Waals surface area contributed by atoms with E-state index in [1.807, 2.05) is 24.3 Å². The molecule has 1 N–H and O–H groups in total. The maximum absolute atomic E-state index is 12.8. The van der Waals surface area contributed by atoms with E-state index in [1.165, 1.54) is 5.56 Å². The first kappa shape index (κ1) is 15.6. The Morgan fingerprint density at radius 1 is 1.33 bits per heavy atom. The van der Waals surface area contributed by atoms with E-state index in [4.69, 9.17) is 16.6 Å². The van der Waals surface area contributed by atoms with Crippen LogP contribution in [0.25, 0.3) is 11.1 Å². The van der Waals surface area contributed by atoms with Gasteiger partial charge in [0.25, 0.3) is 5.56 Å². The third-order valence-corrected chi connectivity index (χ3v) is 5.28. The van der Waals surface area contributed by atoms with E-state index in [1.54, 1.807) is 4.57 Å². The fraction of sp³-hybridized carbons (Fsp3) is 0.368. The van der Waals surface area contributed by atoms with E-state index in [0.29, 0.717) is 16.8 Å². The number of fused-ring (bicyclic) bond motifs is 2. The molecular formula is C19H20ClN3O. The summed E-state index contributed by atoms with van der Waals surface area (Å²) in [5.74, 6) is 0.837. The molecule has 0 saturated heterocycles. The van der Waals surface area contributed by atoms with Gasteiger partial charge in [0.2, 0.25) is 0 Å². The Kier molecular flexibility index (Phi) is 4.02. The van der Waals surface area contributed by atoms with Crippen LogP contribution in [-0.2, 0) is 6.54 Å². The van der Waals surface area contributed by atoms with Crippen LogP contribution >= 0.6 is 11.6 Å². The highest BCUT2D eigenvalue weighted by atomic mass is 35.5. The summed E-state index contributed by atoms with van der Waals surface area (Å²) >= 11 is 6.28. The zero-order chi connectivity index (χ0) is 16.7. The summed E-state index contributed by atoms with van der Waals surface area (Å²) < 4.78 is 1.79. The molecule has 5 heteroatoms. The molecule has 1 aromatic carbocycles. The Bertz CT molecular complexity index is 949. The van der Waals surface area contributed by atoms with Crippen molar-refractivity contribution in [1.82, 2.24) is 14.9 Å². The monoisotopic (exact) mass is 341 g/mol. The topological polar surface area (TPSA) is 46.9 Å². The van der Waals surface area contributed by atoms with Gasteiger partial charge in [-0.1, -0.05) is 48.0 Å². The number of hydrogen-bond acceptors (Lipinski definition) is 3. The van der Waals surface area contributed by atoms with Crippen LogP contribution in [0.3, 0.4) is 0 Å². The molecule has 2 heterocycles. The van der Waals surface area contributed by atoms with Crippen LogP contribution in [0, 0.1) is 0 Å². The molecule has 1 aliphatic carbocycles. The maximum atomic E-state index is 12.8. The van der Waals surface area contributed by atoms with Gasteiger partial charge in [0.15, 0.2) is 0 Å². The minimum absolute atomic E-state index is 0.00705. The number of nitrogens with zero attached hydrogens (tertiary/aromatic N) is 2. The Morgan fingerprint density at radius 2 is 2.12 bits per heavy atom. The highest BCUT2D eigenvalue weighted by Gasteiger charge is 2.27. The van der Waals surface area contributed by atoms with Gasteiger partial charge >= 0.3 is 0 Å². The Morgan fingerprint density at radius 3 is 2.92 bits per heavy atom. The van der Waals surface area contributed by atoms with Crippen LogP contribution < -0.4 is 21.4 Å². The first-order valence-electron chi connectivity index (χ1n) is 8.46. The van der Waals surface area contributed by atoms with Gasteiger partial charge in [-0.25, -0.2) is 4.98 Å². The number of aromatic nitrogens is 2. The molecule has 2 atom stereocenters. The zero-order valence-corrected chi connectivity index (χ0v) is 14.4. The molecule has 0 radical (unpaired) electrons. The van der Waals surface area contributed by atoms with E-state index in [2.05, 4.69) is 24.4 Å². The van der Waals surface area contributed by atoms with Crippen LogP contribution in [0.1, 0.15) is 49.7 Å². The molecule has 2 unspecified atom stereocenters. The van der Waals surface area contributed by atoms with Crippen molar-refractivity contribution in [3.8, 4) is 0 Å². The van der Waals surface area contributed by atoms with Crippen LogP contribution in [0.4, 0.5) is 0 Å². The molecule has 0 amide bonds. The summed E-state index contributed by atoms with van der Waals surface area (Å²) in [5.41, 5.74) is 1.24. The summed E-state index contributed by atoms with van der Waals surface area (Å²) in [5, 5.41) is 5.62. The van der Waals surface area contributed by atoms with Gasteiger partial charge in [-0.15, -0.1) is 0 Å². The van der Waals surface area contributed by atoms with Gasteiger partial charge < -0.3 is 5.32 Å². The number of hydrogen-bond donors (Lipinski definition) is 1. The van der Waals surface area contributed by atoms with Gasteiger partial charge in [-0.05, 0) is 31.7 Å². The van der Waals surface area contributed by atoms with E-state index in [-0.39, 0.29) is 17.6 Å². The largest absolute Gasteiger partial charge is 0.301 e. The average Bonchev–Trinajstić information content (AvgIpc) is 2.99. The lowest BCUT2D eigenvalue weighted by atomic mass is 10.1. The highest BCUT2D eigenvalue weighted by molar-refractivity contribution is 6.45. The molecule has 2 aliphatic rings. The molecule has 4 rings (SSSR count). The fourth-order valence-electron chi connectivity index (χ4n) is 3.62. The molecule has 4 nitrogen and oxygen atoms in total. The van der Waals surface area contributed by atoms with Crippen LogP contribution in [0.5, 0.6) is 0 Å². The minimum atomic E-state index is 0.00705. The lowest BCUT2D eigenvalue weighted by Crippen LogP contribution is -2.49. The standard InChI is InChI=1S/C19H20ClN3O/c1-12(13-6-3-2-4-7-13)21-16-10-11-23-18(16)22-15-9-5-8-14(20)17(15)19(23)24/h2-4,6-7,9,12,16,21H,5,8,10-11H2,1H3.